The summed E-state index contributed by atoms with van der Waals surface area (Å²) in [5.41, 5.74) is 0.186. The quantitative estimate of drug-likeness (QED) is 0.782. The Morgan fingerprint density at radius 2 is 1.88 bits per heavy atom. The molecule has 2 unspecified atom stereocenters. The van der Waals surface area contributed by atoms with E-state index in [2.05, 4.69) is 12.2 Å². The Morgan fingerprint density at radius 1 is 1.18 bits per heavy atom. The van der Waals surface area contributed by atoms with Gasteiger partial charge < -0.3 is 5.32 Å². The van der Waals surface area contributed by atoms with Gasteiger partial charge in [0.1, 0.15) is 5.82 Å². The van der Waals surface area contributed by atoms with Gasteiger partial charge >= 0.3 is 0 Å². The lowest BCUT2D eigenvalue weighted by atomic mass is 10.2. The molecule has 0 bridgehead atoms. The van der Waals surface area contributed by atoms with Crippen molar-refractivity contribution >= 4 is 0 Å². The van der Waals surface area contributed by atoms with Crippen LogP contribution in [-0.2, 0) is 6.54 Å². The predicted molar refractivity (Wildman–Crippen MR) is 60.0 cm³/mol. The van der Waals surface area contributed by atoms with Crippen LogP contribution in [0.2, 0.25) is 0 Å². The van der Waals surface area contributed by atoms with E-state index in [0.717, 1.165) is 25.3 Å². The molecule has 0 saturated heterocycles. The van der Waals surface area contributed by atoms with Gasteiger partial charge in [0.05, 0.1) is 0 Å². The maximum atomic E-state index is 13.3. The van der Waals surface area contributed by atoms with Crippen LogP contribution in [0.25, 0.3) is 0 Å². The van der Waals surface area contributed by atoms with E-state index in [0.29, 0.717) is 18.0 Å². The molecular weight excluding hydrogens is 227 g/mol. The summed E-state index contributed by atoms with van der Waals surface area (Å²) >= 11 is 0. The highest BCUT2D eigenvalue weighted by molar-refractivity contribution is 5.20. The van der Waals surface area contributed by atoms with Crippen molar-refractivity contribution in [1.82, 2.24) is 5.32 Å². The van der Waals surface area contributed by atoms with Crippen molar-refractivity contribution in [2.75, 3.05) is 0 Å². The largest absolute Gasteiger partial charge is 0.310 e. The van der Waals surface area contributed by atoms with Gasteiger partial charge in [0, 0.05) is 24.2 Å². The Morgan fingerprint density at radius 3 is 2.59 bits per heavy atom. The summed E-state index contributed by atoms with van der Waals surface area (Å²) in [6.45, 7) is 2.39. The van der Waals surface area contributed by atoms with Crippen molar-refractivity contribution in [3.63, 3.8) is 0 Å². The molecule has 1 aromatic rings. The van der Waals surface area contributed by atoms with Gasteiger partial charge in [-0.25, -0.2) is 13.2 Å². The molecule has 1 aliphatic rings. The molecule has 4 heteroatoms. The van der Waals surface area contributed by atoms with Gasteiger partial charge in [0.25, 0.3) is 0 Å². The average molecular weight is 243 g/mol. The minimum atomic E-state index is -1.14. The van der Waals surface area contributed by atoms with Gasteiger partial charge in [-0.3, -0.25) is 0 Å². The Balaban J connectivity index is 1.89. The van der Waals surface area contributed by atoms with Crippen LogP contribution in [0.15, 0.2) is 12.1 Å². The smallest absolute Gasteiger partial charge is 0.161 e. The fourth-order valence-electron chi connectivity index (χ4n) is 2.13. The van der Waals surface area contributed by atoms with Crippen molar-refractivity contribution in [1.29, 1.82) is 0 Å². The van der Waals surface area contributed by atoms with Crippen LogP contribution in [-0.4, -0.2) is 6.04 Å². The number of halogens is 3. The minimum Gasteiger partial charge on any atom is -0.310 e. The number of benzene rings is 1. The van der Waals surface area contributed by atoms with Gasteiger partial charge in [-0.05, 0) is 24.8 Å². The third kappa shape index (κ3) is 3.00. The first kappa shape index (κ1) is 12.4. The molecule has 0 radical (unpaired) electrons. The summed E-state index contributed by atoms with van der Waals surface area (Å²) in [6.07, 6.45) is 3.40. The van der Waals surface area contributed by atoms with Gasteiger partial charge in [0.2, 0.25) is 0 Å². The second-order valence-electron chi connectivity index (χ2n) is 4.63. The molecule has 1 saturated carbocycles. The second-order valence-corrected chi connectivity index (χ2v) is 4.63. The molecule has 1 aliphatic carbocycles. The highest BCUT2D eigenvalue weighted by Gasteiger charge is 2.35. The van der Waals surface area contributed by atoms with E-state index in [-0.39, 0.29) is 12.1 Å². The molecule has 0 heterocycles. The molecule has 1 nitrogen and oxygen atoms in total. The van der Waals surface area contributed by atoms with E-state index in [4.69, 9.17) is 0 Å². The normalized spacial score (nSPS) is 22.8. The van der Waals surface area contributed by atoms with E-state index >= 15 is 0 Å². The van der Waals surface area contributed by atoms with E-state index in [1.54, 1.807) is 0 Å². The van der Waals surface area contributed by atoms with E-state index in [1.807, 2.05) is 0 Å². The standard InChI is InChI=1S/C13H16F3N/c1-2-3-8-5-13(8)17-7-9-4-11(15)12(16)6-10(9)14/h4,6,8,13,17H,2-3,5,7H2,1H3. The molecule has 1 N–H and O–H groups in total. The van der Waals surface area contributed by atoms with Crippen molar-refractivity contribution in [3.8, 4) is 0 Å². The van der Waals surface area contributed by atoms with Gasteiger partial charge in [-0.1, -0.05) is 13.3 Å². The molecule has 0 spiro atoms. The molecule has 0 aliphatic heterocycles. The summed E-state index contributed by atoms with van der Waals surface area (Å²) in [7, 11) is 0. The van der Waals surface area contributed by atoms with Crippen LogP contribution < -0.4 is 5.32 Å². The summed E-state index contributed by atoms with van der Waals surface area (Å²) < 4.78 is 38.9. The topological polar surface area (TPSA) is 12.0 Å². The highest BCUT2D eigenvalue weighted by atomic mass is 19.2. The molecule has 94 valence electrons. The van der Waals surface area contributed by atoms with Gasteiger partial charge in [0.15, 0.2) is 11.6 Å². The van der Waals surface area contributed by atoms with Gasteiger partial charge in [-0.15, -0.1) is 0 Å². The summed E-state index contributed by atoms with van der Waals surface area (Å²) in [6, 6.07) is 1.93. The number of hydrogen-bond acceptors (Lipinski definition) is 1. The highest BCUT2D eigenvalue weighted by Crippen LogP contribution is 2.34. The molecular formula is C13H16F3N. The Bertz CT molecular complexity index is 406. The monoisotopic (exact) mass is 243 g/mol. The van der Waals surface area contributed by atoms with Gasteiger partial charge in [-0.2, -0.15) is 0 Å². The minimum absolute atomic E-state index is 0.186. The Kier molecular flexibility index (Phi) is 3.72. The third-order valence-electron chi connectivity index (χ3n) is 3.23. The Hall–Kier alpha value is -1.03. The van der Waals surface area contributed by atoms with E-state index < -0.39 is 17.5 Å². The van der Waals surface area contributed by atoms with Crippen molar-refractivity contribution < 1.29 is 13.2 Å². The third-order valence-corrected chi connectivity index (χ3v) is 3.23. The predicted octanol–water partition coefficient (Wildman–Crippen LogP) is 3.38. The lowest BCUT2D eigenvalue weighted by Crippen LogP contribution is -2.18. The average Bonchev–Trinajstić information content (AvgIpc) is 3.01. The lowest BCUT2D eigenvalue weighted by Gasteiger charge is -2.06. The first-order valence-corrected chi connectivity index (χ1v) is 5.98. The molecule has 2 rings (SSSR count). The first-order valence-electron chi connectivity index (χ1n) is 5.98. The Labute approximate surface area is 99.0 Å². The van der Waals surface area contributed by atoms with Crippen LogP contribution in [0.4, 0.5) is 13.2 Å². The van der Waals surface area contributed by atoms with Crippen LogP contribution in [0.5, 0.6) is 0 Å². The molecule has 1 fully saturated rings. The van der Waals surface area contributed by atoms with Crippen molar-refractivity contribution in [3.05, 3.63) is 35.1 Å². The zero-order chi connectivity index (χ0) is 12.4. The molecule has 1 aromatic carbocycles. The summed E-state index contributed by atoms with van der Waals surface area (Å²) in [5, 5.41) is 3.17. The van der Waals surface area contributed by atoms with Crippen molar-refractivity contribution in [2.45, 2.75) is 38.8 Å². The molecule has 17 heavy (non-hydrogen) atoms. The lowest BCUT2D eigenvalue weighted by molar-refractivity contribution is 0.485. The van der Waals surface area contributed by atoms with Crippen LogP contribution in [0.3, 0.4) is 0 Å². The maximum Gasteiger partial charge on any atom is 0.161 e. The van der Waals surface area contributed by atoms with Crippen LogP contribution in [0, 0.1) is 23.4 Å². The molecule has 0 aromatic heterocycles. The summed E-state index contributed by atoms with van der Waals surface area (Å²) in [5.74, 6) is -2.16. The maximum absolute atomic E-state index is 13.3. The number of nitrogens with one attached hydrogen (secondary N) is 1. The fourth-order valence-corrected chi connectivity index (χ4v) is 2.13. The van der Waals surface area contributed by atoms with Crippen LogP contribution >= 0.6 is 0 Å². The summed E-state index contributed by atoms with van der Waals surface area (Å²) in [4.78, 5) is 0. The SMILES string of the molecule is CCCC1CC1NCc1cc(F)c(F)cc1F. The zero-order valence-electron chi connectivity index (χ0n) is 9.77. The van der Waals surface area contributed by atoms with E-state index in [1.165, 1.54) is 0 Å². The van der Waals surface area contributed by atoms with Crippen molar-refractivity contribution in [2.24, 2.45) is 5.92 Å². The molecule has 2 atom stereocenters. The number of rotatable bonds is 5. The number of hydrogen-bond donors (Lipinski definition) is 1. The zero-order valence-corrected chi connectivity index (χ0v) is 9.77. The van der Waals surface area contributed by atoms with Crippen LogP contribution in [0.1, 0.15) is 31.7 Å². The second kappa shape index (κ2) is 5.08. The van der Waals surface area contributed by atoms with E-state index in [9.17, 15) is 13.2 Å². The first-order chi connectivity index (χ1) is 8.11. The fraction of sp³-hybridized carbons (Fsp3) is 0.538. The molecule has 0 amide bonds.